The van der Waals surface area contributed by atoms with Gasteiger partial charge in [-0.2, -0.15) is 0 Å². The average molecular weight is 158 g/mol. The minimum Gasteiger partial charge on any atom is -0.267 e. The monoisotopic (exact) mass is 158 g/mol. The molecule has 0 aliphatic carbocycles. The number of hydrogen-bond acceptors (Lipinski definition) is 3. The van der Waals surface area contributed by atoms with Crippen LogP contribution in [0.5, 0.6) is 0 Å². The van der Waals surface area contributed by atoms with Crippen molar-refractivity contribution < 1.29 is 0 Å². The number of rotatable bonds is 0. The van der Waals surface area contributed by atoms with E-state index in [1.807, 2.05) is 18.2 Å². The Morgan fingerprint density at radius 2 is 1.75 bits per heavy atom. The summed E-state index contributed by atoms with van der Waals surface area (Å²) in [5, 5.41) is 0. The zero-order chi connectivity index (χ0) is 8.39. The Balaban J connectivity index is 2.98. The number of nitrogens with zero attached hydrogens (tertiary/aromatic N) is 2. The maximum Gasteiger partial charge on any atom is 0.271 e. The summed E-state index contributed by atoms with van der Waals surface area (Å²) in [4.78, 5) is 18.8. The molecular weight excluding hydrogens is 152 g/mol. The molecule has 0 radical (unpaired) electrons. The van der Waals surface area contributed by atoms with Crippen LogP contribution < -0.4 is 5.56 Å². The van der Waals surface area contributed by atoms with Crippen LogP contribution in [-0.4, -0.2) is 9.97 Å². The molecule has 0 saturated heterocycles. The second-order valence-corrected chi connectivity index (χ2v) is 2.38. The summed E-state index contributed by atoms with van der Waals surface area (Å²) >= 11 is 0. The first-order chi connectivity index (χ1) is 5.86. The molecule has 0 aliphatic heterocycles. The van der Waals surface area contributed by atoms with Crippen molar-refractivity contribution in [3.05, 3.63) is 46.9 Å². The van der Waals surface area contributed by atoms with Crippen LogP contribution in [0.3, 0.4) is 0 Å². The Hall–Kier alpha value is -1.77. The van der Waals surface area contributed by atoms with Crippen LogP contribution in [0.4, 0.5) is 0 Å². The highest BCUT2D eigenvalue weighted by molar-refractivity contribution is 5.72. The number of aromatic nitrogens is 2. The number of hydrogen-bond donors (Lipinski definition) is 0. The third kappa shape index (κ3) is 1.16. The summed E-state index contributed by atoms with van der Waals surface area (Å²) in [7, 11) is 0. The Bertz CT molecular complexity index is 468. The molecule has 0 saturated carbocycles. The van der Waals surface area contributed by atoms with Crippen LogP contribution in [0.1, 0.15) is 0 Å². The van der Waals surface area contributed by atoms with Crippen LogP contribution in [0.25, 0.3) is 11.0 Å². The van der Waals surface area contributed by atoms with E-state index in [4.69, 9.17) is 0 Å². The van der Waals surface area contributed by atoms with Gasteiger partial charge in [0.15, 0.2) is 0 Å². The van der Waals surface area contributed by atoms with Gasteiger partial charge in [-0.25, -0.2) is 4.98 Å². The molecule has 0 N–H and O–H groups in total. The van der Waals surface area contributed by atoms with E-state index in [0.717, 1.165) is 5.52 Å². The summed E-state index contributed by atoms with van der Waals surface area (Å²) in [5.74, 6) is 0. The topological polar surface area (TPSA) is 42.9 Å². The maximum absolute atomic E-state index is 10.9. The Morgan fingerprint density at radius 1 is 1.00 bits per heavy atom. The lowest BCUT2D eigenvalue weighted by molar-refractivity contribution is 1.33. The fraction of sp³-hybridized carbons (Fsp3) is 0. The van der Waals surface area contributed by atoms with Gasteiger partial charge in [-0.15, -0.1) is 0 Å². The Kier molecular flexibility index (Phi) is 1.55. The first kappa shape index (κ1) is 6.91. The smallest absolute Gasteiger partial charge is 0.267 e. The van der Waals surface area contributed by atoms with Gasteiger partial charge < -0.3 is 0 Å². The van der Waals surface area contributed by atoms with Gasteiger partial charge in [0.25, 0.3) is 5.56 Å². The first-order valence-electron chi connectivity index (χ1n) is 3.58. The molecule has 3 nitrogen and oxygen atoms in total. The molecular formula is C9H6N2O. The van der Waals surface area contributed by atoms with Gasteiger partial charge in [-0.3, -0.25) is 9.78 Å². The van der Waals surface area contributed by atoms with Crippen LogP contribution in [0, 0.1) is 0 Å². The first-order valence-corrected chi connectivity index (χ1v) is 3.58. The van der Waals surface area contributed by atoms with Crippen molar-refractivity contribution >= 4 is 11.0 Å². The van der Waals surface area contributed by atoms with Crippen molar-refractivity contribution in [3.63, 3.8) is 0 Å². The minimum atomic E-state index is -0.260. The third-order valence-electron chi connectivity index (χ3n) is 1.54. The highest BCUT2D eigenvalue weighted by atomic mass is 16.1. The van der Waals surface area contributed by atoms with Crippen molar-refractivity contribution in [2.24, 2.45) is 0 Å². The van der Waals surface area contributed by atoms with E-state index < -0.39 is 0 Å². The molecule has 1 heterocycles. The van der Waals surface area contributed by atoms with Crippen LogP contribution in [0.2, 0.25) is 0 Å². The minimum absolute atomic E-state index is 0.260. The Labute approximate surface area is 68.7 Å². The van der Waals surface area contributed by atoms with E-state index in [1.165, 1.54) is 12.3 Å². The van der Waals surface area contributed by atoms with Gasteiger partial charge in [0.2, 0.25) is 0 Å². The second kappa shape index (κ2) is 2.70. The lowest BCUT2D eigenvalue weighted by Gasteiger charge is -1.85. The molecule has 1 aromatic carbocycles. The quantitative estimate of drug-likeness (QED) is 0.574. The molecule has 0 spiro atoms. The summed E-state index contributed by atoms with van der Waals surface area (Å²) in [6, 6.07) is 8.63. The van der Waals surface area contributed by atoms with Gasteiger partial charge >= 0.3 is 0 Å². The SMILES string of the molecule is O=c1ccnc2ccccc2n1. The van der Waals surface area contributed by atoms with Crippen molar-refractivity contribution in [2.75, 3.05) is 0 Å². The molecule has 1 aromatic heterocycles. The molecule has 3 heteroatoms. The zero-order valence-corrected chi connectivity index (χ0v) is 6.27. The molecule has 0 bridgehead atoms. The van der Waals surface area contributed by atoms with Gasteiger partial charge in [0.1, 0.15) is 0 Å². The lowest BCUT2D eigenvalue weighted by atomic mass is 10.3. The van der Waals surface area contributed by atoms with Gasteiger partial charge in [0.05, 0.1) is 11.0 Å². The summed E-state index contributed by atoms with van der Waals surface area (Å²) < 4.78 is 0. The third-order valence-corrected chi connectivity index (χ3v) is 1.54. The molecule has 0 unspecified atom stereocenters. The normalized spacial score (nSPS) is 10.0. The summed E-state index contributed by atoms with van der Waals surface area (Å²) in [5.41, 5.74) is 1.11. The standard InChI is InChI=1S/C9H6N2O/c12-9-5-6-10-7-3-1-2-4-8(7)11-9/h1-6H. The average Bonchev–Trinajstić information content (AvgIpc) is 2.25. The fourth-order valence-corrected chi connectivity index (χ4v) is 1.01. The van der Waals surface area contributed by atoms with Crippen LogP contribution in [-0.2, 0) is 0 Å². The van der Waals surface area contributed by atoms with Crippen LogP contribution in [0.15, 0.2) is 41.3 Å². The van der Waals surface area contributed by atoms with E-state index in [9.17, 15) is 4.79 Å². The van der Waals surface area contributed by atoms with Gasteiger partial charge in [-0.05, 0) is 12.1 Å². The van der Waals surface area contributed by atoms with E-state index >= 15 is 0 Å². The summed E-state index contributed by atoms with van der Waals surface area (Å²) in [6.07, 6.45) is 1.47. The lowest BCUT2D eigenvalue weighted by Crippen LogP contribution is -1.97. The van der Waals surface area contributed by atoms with Crippen LogP contribution >= 0.6 is 0 Å². The predicted octanol–water partition coefficient (Wildman–Crippen LogP) is 0.990. The molecule has 0 amide bonds. The molecule has 58 valence electrons. The number of para-hydroxylation sites is 2. The molecule has 0 atom stereocenters. The van der Waals surface area contributed by atoms with Crippen molar-refractivity contribution in [3.8, 4) is 0 Å². The van der Waals surface area contributed by atoms with E-state index in [1.54, 1.807) is 6.07 Å². The highest BCUT2D eigenvalue weighted by Crippen LogP contribution is 2.02. The number of fused-ring (bicyclic) bond motifs is 1. The molecule has 2 aromatic rings. The van der Waals surface area contributed by atoms with Gasteiger partial charge in [0, 0.05) is 12.3 Å². The molecule has 0 aliphatic rings. The van der Waals surface area contributed by atoms with Gasteiger partial charge in [-0.1, -0.05) is 12.1 Å². The zero-order valence-electron chi connectivity index (χ0n) is 6.27. The maximum atomic E-state index is 10.9. The van der Waals surface area contributed by atoms with E-state index in [2.05, 4.69) is 9.97 Å². The molecule has 12 heavy (non-hydrogen) atoms. The predicted molar refractivity (Wildman–Crippen MR) is 45.8 cm³/mol. The Morgan fingerprint density at radius 3 is 2.58 bits per heavy atom. The molecule has 0 fully saturated rings. The highest BCUT2D eigenvalue weighted by Gasteiger charge is 1.90. The van der Waals surface area contributed by atoms with Crippen molar-refractivity contribution in [1.29, 1.82) is 0 Å². The summed E-state index contributed by atoms with van der Waals surface area (Å²) in [6.45, 7) is 0. The number of benzene rings is 1. The molecule has 2 rings (SSSR count). The fourth-order valence-electron chi connectivity index (χ4n) is 1.01. The van der Waals surface area contributed by atoms with Crippen molar-refractivity contribution in [2.45, 2.75) is 0 Å². The van der Waals surface area contributed by atoms with Crippen molar-refractivity contribution in [1.82, 2.24) is 9.97 Å². The van der Waals surface area contributed by atoms with E-state index in [-0.39, 0.29) is 5.56 Å². The van der Waals surface area contributed by atoms with E-state index in [0.29, 0.717) is 5.52 Å². The largest absolute Gasteiger partial charge is 0.271 e. The second-order valence-electron chi connectivity index (χ2n) is 2.38.